The van der Waals surface area contributed by atoms with Gasteiger partial charge in [0.15, 0.2) is 0 Å². The molecule has 0 atom stereocenters. The van der Waals surface area contributed by atoms with E-state index in [4.69, 9.17) is 31.5 Å². The zero-order valence-electron chi connectivity index (χ0n) is 33.0. The molecule has 3 amide bonds. The van der Waals surface area contributed by atoms with Crippen molar-refractivity contribution in [2.45, 2.75) is 44.8 Å². The van der Waals surface area contributed by atoms with Crippen LogP contribution in [0.25, 0.3) is 0 Å². The number of alkyl halides is 3. The van der Waals surface area contributed by atoms with Crippen LogP contribution >= 0.6 is 11.6 Å². The van der Waals surface area contributed by atoms with E-state index in [-0.39, 0.29) is 28.6 Å². The number of anilines is 2. The van der Waals surface area contributed by atoms with Gasteiger partial charge in [0, 0.05) is 49.9 Å². The molecule has 2 heterocycles. The Balaban J connectivity index is 1.13. The number of rotatable bonds is 20. The molecule has 2 saturated heterocycles. The molecule has 2 aliphatic heterocycles. The van der Waals surface area contributed by atoms with Crippen LogP contribution in [0.2, 0.25) is 5.02 Å². The summed E-state index contributed by atoms with van der Waals surface area (Å²) >= 11 is 5.74. The van der Waals surface area contributed by atoms with Crippen LogP contribution in [-0.4, -0.2) is 108 Å². The summed E-state index contributed by atoms with van der Waals surface area (Å²) in [6, 6.07) is 15.8. The van der Waals surface area contributed by atoms with Crippen LogP contribution < -0.4 is 26.7 Å². The summed E-state index contributed by atoms with van der Waals surface area (Å²) < 4.78 is 56.3. The first-order valence-electron chi connectivity index (χ1n) is 19.9. The Morgan fingerprint density at radius 2 is 1.56 bits per heavy atom. The van der Waals surface area contributed by atoms with Crippen LogP contribution in [0, 0.1) is 5.92 Å². The first-order valence-corrected chi connectivity index (χ1v) is 20.3. The molecule has 320 valence electrons. The number of hydrogen-bond acceptors (Lipinski definition) is 10. The maximum absolute atomic E-state index is 13.6. The molecule has 5 N–H and O–H groups in total. The lowest BCUT2D eigenvalue weighted by atomic mass is 9.95. The Morgan fingerprint density at radius 3 is 2.27 bits per heavy atom. The topological polar surface area (TPSA) is 160 Å². The number of amides is 3. The Bertz CT molecular complexity index is 1870. The minimum Gasteiger partial charge on any atom is -0.378 e. The summed E-state index contributed by atoms with van der Waals surface area (Å²) in [6.07, 6.45) is 1.00. The largest absolute Gasteiger partial charge is 0.417 e. The van der Waals surface area contributed by atoms with Gasteiger partial charge in [-0.1, -0.05) is 29.8 Å². The Kier molecular flexibility index (Phi) is 17.9. The number of nitrogens with one attached hydrogen (secondary N) is 3. The zero-order chi connectivity index (χ0) is 42.0. The lowest BCUT2D eigenvalue weighted by Crippen LogP contribution is -2.41. The second-order valence-corrected chi connectivity index (χ2v) is 14.7. The highest BCUT2D eigenvalue weighted by molar-refractivity contribution is 6.31. The van der Waals surface area contributed by atoms with Crippen LogP contribution in [0.1, 0.15) is 69.5 Å². The summed E-state index contributed by atoms with van der Waals surface area (Å²) in [7, 11) is 0. The second kappa shape index (κ2) is 23.3. The first kappa shape index (κ1) is 45.5. The predicted octanol–water partition coefficient (Wildman–Crippen LogP) is 5.70. The molecule has 0 saturated carbocycles. The number of likely N-dealkylation sites (tertiary alicyclic amines) is 1. The molecule has 0 unspecified atom stereocenters. The van der Waals surface area contributed by atoms with Gasteiger partial charge in [0.2, 0.25) is 5.91 Å². The quantitative estimate of drug-likeness (QED) is 0.0636. The average molecular weight is 844 g/mol. The van der Waals surface area contributed by atoms with Gasteiger partial charge >= 0.3 is 6.18 Å². The smallest absolute Gasteiger partial charge is 0.378 e. The molecule has 13 nitrogen and oxygen atoms in total. The Labute approximate surface area is 347 Å². The summed E-state index contributed by atoms with van der Waals surface area (Å²) in [4.78, 5) is 44.3. The van der Waals surface area contributed by atoms with Gasteiger partial charge < -0.3 is 35.5 Å². The summed E-state index contributed by atoms with van der Waals surface area (Å²) in [5.74, 6) is -1.14. The molecule has 3 aromatic carbocycles. The van der Waals surface area contributed by atoms with Gasteiger partial charge in [-0.05, 0) is 98.8 Å². The molecule has 3 aromatic rings. The fraction of sp³-hybridized carbons (Fsp3) is 0.476. The maximum atomic E-state index is 13.6. The predicted molar refractivity (Wildman–Crippen MR) is 221 cm³/mol. The van der Waals surface area contributed by atoms with Crippen molar-refractivity contribution in [2.24, 2.45) is 16.8 Å². The number of halogens is 4. The van der Waals surface area contributed by atoms with Crippen LogP contribution in [0.3, 0.4) is 0 Å². The molecular weight excluding hydrogens is 791 g/mol. The Morgan fingerprint density at radius 1 is 0.847 bits per heavy atom. The van der Waals surface area contributed by atoms with E-state index in [1.807, 2.05) is 18.2 Å². The average Bonchev–Trinajstić information content (AvgIpc) is 3.23. The third kappa shape index (κ3) is 14.6. The summed E-state index contributed by atoms with van der Waals surface area (Å²) in [6.45, 7) is 7.36. The molecule has 0 spiro atoms. The van der Waals surface area contributed by atoms with Crippen molar-refractivity contribution in [1.29, 1.82) is 0 Å². The van der Waals surface area contributed by atoms with Gasteiger partial charge in [-0.25, -0.2) is 5.43 Å². The summed E-state index contributed by atoms with van der Waals surface area (Å²) in [5.41, 5.74) is 9.36. The van der Waals surface area contributed by atoms with E-state index in [1.54, 1.807) is 24.3 Å². The fourth-order valence-electron chi connectivity index (χ4n) is 6.88. The molecule has 59 heavy (non-hydrogen) atoms. The second-order valence-electron chi connectivity index (χ2n) is 14.3. The first-order chi connectivity index (χ1) is 28.5. The van der Waals surface area contributed by atoms with E-state index in [0.717, 1.165) is 75.0 Å². The van der Waals surface area contributed by atoms with Crippen molar-refractivity contribution in [3.8, 4) is 0 Å². The Hall–Kier alpha value is -4.58. The minimum atomic E-state index is -4.65. The molecular formula is C42H53ClF3N7O6. The van der Waals surface area contributed by atoms with Gasteiger partial charge in [-0.15, -0.1) is 0 Å². The van der Waals surface area contributed by atoms with Gasteiger partial charge in [0.1, 0.15) is 0 Å². The molecule has 0 aromatic heterocycles. The summed E-state index contributed by atoms with van der Waals surface area (Å²) in [5, 5.41) is 9.30. The van der Waals surface area contributed by atoms with Crippen LogP contribution in [0.15, 0.2) is 65.8 Å². The molecule has 2 fully saturated rings. The molecule has 0 radical (unpaired) electrons. The maximum Gasteiger partial charge on any atom is 0.417 e. The van der Waals surface area contributed by atoms with Crippen molar-refractivity contribution in [3.63, 3.8) is 0 Å². The van der Waals surface area contributed by atoms with Crippen LogP contribution in [0.4, 0.5) is 24.5 Å². The highest BCUT2D eigenvalue weighted by Gasteiger charge is 2.33. The van der Waals surface area contributed by atoms with Gasteiger partial charge in [-0.2, -0.15) is 18.3 Å². The monoisotopic (exact) mass is 843 g/mol. The van der Waals surface area contributed by atoms with Crippen LogP contribution in [0.5, 0.6) is 0 Å². The fourth-order valence-corrected chi connectivity index (χ4v) is 7.10. The van der Waals surface area contributed by atoms with E-state index in [2.05, 4.69) is 31.0 Å². The SMILES string of the molecule is NCCOCCOCCOCCNC(=O)C1CCN(Cc2cccc(C(=O)Nc3ccc(N4CCCCC4)cc3C(=O)N/N=C/c3ccc(Cl)c(C(F)(F)F)c3)c2)CC1. The number of carbonyl (C=O) groups excluding carboxylic acids is 3. The highest BCUT2D eigenvalue weighted by atomic mass is 35.5. The van der Waals surface area contributed by atoms with Crippen molar-refractivity contribution in [2.75, 3.05) is 89.1 Å². The third-order valence-corrected chi connectivity index (χ3v) is 10.3. The number of ether oxygens (including phenoxy) is 3. The molecule has 17 heteroatoms. The van der Waals surface area contributed by atoms with Gasteiger partial charge in [0.05, 0.1) is 67.7 Å². The van der Waals surface area contributed by atoms with E-state index >= 15 is 0 Å². The molecule has 0 aliphatic carbocycles. The molecule has 5 rings (SSSR count). The number of nitrogens with zero attached hydrogens (tertiary/aromatic N) is 3. The molecule has 0 bridgehead atoms. The van der Waals surface area contributed by atoms with Crippen molar-refractivity contribution >= 4 is 46.9 Å². The van der Waals surface area contributed by atoms with Crippen LogP contribution in [-0.2, 0) is 31.7 Å². The van der Waals surface area contributed by atoms with E-state index < -0.39 is 28.6 Å². The normalized spacial score (nSPS) is 15.4. The van der Waals surface area contributed by atoms with Crippen molar-refractivity contribution in [1.82, 2.24) is 15.6 Å². The zero-order valence-corrected chi connectivity index (χ0v) is 33.8. The van der Waals surface area contributed by atoms with E-state index in [1.165, 1.54) is 6.07 Å². The van der Waals surface area contributed by atoms with E-state index in [9.17, 15) is 27.6 Å². The highest BCUT2D eigenvalue weighted by Crippen LogP contribution is 2.35. The standard InChI is InChI=1S/C42H53ClF3N7O6/c43-37-9-7-30(26-36(37)42(44,45)46)28-49-51-41(56)35-27-34(53-15-2-1-3-16-53)8-10-38(35)50-40(55)33-6-4-5-31(25-33)29-52-17-11-32(12-18-52)39(54)48-14-20-58-22-24-59-23-21-57-19-13-47/h4-10,25-28,32H,1-3,11-24,29,47H2,(H,48,54)(H,50,55)(H,51,56)/b49-28+. The van der Waals surface area contributed by atoms with E-state index in [0.29, 0.717) is 77.7 Å². The van der Waals surface area contributed by atoms with Crippen molar-refractivity contribution in [3.05, 3.63) is 93.5 Å². The van der Waals surface area contributed by atoms with Gasteiger partial charge in [-0.3, -0.25) is 19.3 Å². The number of carbonyl (C=O) groups is 3. The number of hydrogen-bond donors (Lipinski definition) is 4. The number of hydrazone groups is 1. The lowest BCUT2D eigenvalue weighted by Gasteiger charge is -2.31. The molecule has 2 aliphatic rings. The number of piperidine rings is 2. The van der Waals surface area contributed by atoms with Gasteiger partial charge in [0.25, 0.3) is 11.8 Å². The minimum absolute atomic E-state index is 0.0186. The number of benzene rings is 3. The third-order valence-electron chi connectivity index (χ3n) is 10.00. The lowest BCUT2D eigenvalue weighted by molar-refractivity contribution is -0.137. The number of nitrogens with two attached hydrogens (primary N) is 1. The van der Waals surface area contributed by atoms with Crippen molar-refractivity contribution < 1.29 is 41.8 Å².